The highest BCUT2D eigenvalue weighted by atomic mass is 32.2. The van der Waals surface area contributed by atoms with Crippen molar-refractivity contribution in [1.82, 2.24) is 4.31 Å². The zero-order valence-electron chi connectivity index (χ0n) is 12.1. The number of rotatable bonds is 6. The van der Waals surface area contributed by atoms with Crippen molar-refractivity contribution in [2.24, 2.45) is 0 Å². The van der Waals surface area contributed by atoms with Gasteiger partial charge in [-0.25, -0.2) is 0 Å². The van der Waals surface area contributed by atoms with Crippen LogP contribution in [0.2, 0.25) is 0 Å². The molecule has 1 heterocycles. The number of anilines is 2. The summed E-state index contributed by atoms with van der Waals surface area (Å²) >= 11 is 0. The average Bonchev–Trinajstić information content (AvgIpc) is 2.44. The van der Waals surface area contributed by atoms with E-state index >= 15 is 0 Å². The van der Waals surface area contributed by atoms with E-state index < -0.39 is 10.2 Å². The second kappa shape index (κ2) is 6.45. The summed E-state index contributed by atoms with van der Waals surface area (Å²) in [4.78, 5) is 0. The lowest BCUT2D eigenvalue weighted by Crippen LogP contribution is -2.33. The van der Waals surface area contributed by atoms with E-state index in [2.05, 4.69) is 10.0 Å². The van der Waals surface area contributed by atoms with Crippen LogP contribution in [0, 0.1) is 0 Å². The van der Waals surface area contributed by atoms with Gasteiger partial charge in [-0.1, -0.05) is 19.4 Å². The molecule has 0 atom stereocenters. The Morgan fingerprint density at radius 3 is 2.95 bits per heavy atom. The molecular weight excluding hydrogens is 274 g/mol. The maximum atomic E-state index is 12.2. The fraction of sp³-hybridized carbons (Fsp3) is 0.571. The normalized spacial score (nSPS) is 14.8. The summed E-state index contributed by atoms with van der Waals surface area (Å²) in [6.45, 7) is 3.53. The molecule has 0 aromatic heterocycles. The Balaban J connectivity index is 2.09. The Morgan fingerprint density at radius 2 is 2.20 bits per heavy atom. The van der Waals surface area contributed by atoms with Crippen molar-refractivity contribution >= 4 is 21.6 Å². The number of nitrogens with zero attached hydrogens (tertiary/aromatic N) is 1. The largest absolute Gasteiger partial charge is 0.385 e. The van der Waals surface area contributed by atoms with Crippen molar-refractivity contribution in [3.63, 3.8) is 0 Å². The molecule has 6 heteroatoms. The van der Waals surface area contributed by atoms with Crippen molar-refractivity contribution in [1.29, 1.82) is 0 Å². The zero-order valence-corrected chi connectivity index (χ0v) is 13.0. The molecule has 0 unspecified atom stereocenters. The SMILES string of the molecule is CCCCN(C)S(=O)(=O)Nc1ccc2c(c1)NCCC2. The summed E-state index contributed by atoms with van der Waals surface area (Å²) in [5.41, 5.74) is 2.90. The monoisotopic (exact) mass is 297 g/mol. The van der Waals surface area contributed by atoms with Crippen LogP contribution in [-0.2, 0) is 16.6 Å². The lowest BCUT2D eigenvalue weighted by atomic mass is 10.0. The van der Waals surface area contributed by atoms with E-state index in [9.17, 15) is 8.42 Å². The highest BCUT2D eigenvalue weighted by Gasteiger charge is 2.18. The molecule has 0 saturated heterocycles. The van der Waals surface area contributed by atoms with Crippen LogP contribution < -0.4 is 10.0 Å². The molecule has 1 aliphatic rings. The Labute approximate surface area is 121 Å². The molecule has 0 amide bonds. The van der Waals surface area contributed by atoms with E-state index in [0.29, 0.717) is 12.2 Å². The van der Waals surface area contributed by atoms with Gasteiger partial charge in [-0.15, -0.1) is 0 Å². The first-order valence-electron chi connectivity index (χ1n) is 7.14. The van der Waals surface area contributed by atoms with E-state index in [1.165, 1.54) is 9.87 Å². The van der Waals surface area contributed by atoms with Gasteiger partial charge in [-0.3, -0.25) is 4.72 Å². The van der Waals surface area contributed by atoms with Crippen molar-refractivity contribution in [2.75, 3.05) is 30.2 Å². The number of unbranched alkanes of at least 4 members (excludes halogenated alkanes) is 1. The van der Waals surface area contributed by atoms with Gasteiger partial charge in [0.15, 0.2) is 0 Å². The van der Waals surface area contributed by atoms with Crippen LogP contribution in [0.1, 0.15) is 31.7 Å². The second-order valence-corrected chi connectivity index (χ2v) is 6.96. The molecule has 1 aromatic carbocycles. The number of hydrogen-bond acceptors (Lipinski definition) is 3. The predicted octanol–water partition coefficient (Wildman–Crippen LogP) is 2.43. The van der Waals surface area contributed by atoms with E-state index in [1.807, 2.05) is 25.1 Å². The number of aryl methyl sites for hydroxylation is 1. The van der Waals surface area contributed by atoms with Gasteiger partial charge in [0.25, 0.3) is 0 Å². The van der Waals surface area contributed by atoms with Crippen molar-refractivity contribution < 1.29 is 8.42 Å². The van der Waals surface area contributed by atoms with Crippen LogP contribution in [0.4, 0.5) is 11.4 Å². The van der Waals surface area contributed by atoms with Gasteiger partial charge in [0.05, 0.1) is 5.69 Å². The van der Waals surface area contributed by atoms with Gasteiger partial charge in [-0.05, 0) is 37.0 Å². The van der Waals surface area contributed by atoms with Crippen LogP contribution in [0.3, 0.4) is 0 Å². The summed E-state index contributed by atoms with van der Waals surface area (Å²) in [5, 5.41) is 3.30. The van der Waals surface area contributed by atoms with Gasteiger partial charge in [0, 0.05) is 25.8 Å². The van der Waals surface area contributed by atoms with E-state index in [1.54, 1.807) is 7.05 Å². The Hall–Kier alpha value is -1.27. The lowest BCUT2D eigenvalue weighted by Gasteiger charge is -2.21. The van der Waals surface area contributed by atoms with Gasteiger partial charge < -0.3 is 5.32 Å². The summed E-state index contributed by atoms with van der Waals surface area (Å²) in [6, 6.07) is 5.70. The van der Waals surface area contributed by atoms with Crippen LogP contribution in [0.15, 0.2) is 18.2 Å². The lowest BCUT2D eigenvalue weighted by molar-refractivity contribution is 0.463. The zero-order chi connectivity index (χ0) is 14.6. The molecule has 0 radical (unpaired) electrons. The van der Waals surface area contributed by atoms with Crippen molar-refractivity contribution in [3.8, 4) is 0 Å². The van der Waals surface area contributed by atoms with Gasteiger partial charge in [0.2, 0.25) is 0 Å². The third-order valence-corrected chi connectivity index (χ3v) is 5.03. The van der Waals surface area contributed by atoms with E-state index in [4.69, 9.17) is 0 Å². The average molecular weight is 297 g/mol. The minimum atomic E-state index is -3.46. The first-order chi connectivity index (χ1) is 9.53. The third kappa shape index (κ3) is 3.64. The quantitative estimate of drug-likeness (QED) is 0.848. The minimum absolute atomic E-state index is 0.537. The van der Waals surface area contributed by atoms with Crippen LogP contribution >= 0.6 is 0 Å². The van der Waals surface area contributed by atoms with Gasteiger partial charge in [-0.2, -0.15) is 12.7 Å². The molecule has 2 N–H and O–H groups in total. The molecule has 2 rings (SSSR count). The first kappa shape index (κ1) is 15.1. The number of benzene rings is 1. The Bertz CT molecular complexity index is 558. The maximum absolute atomic E-state index is 12.2. The van der Waals surface area contributed by atoms with Crippen molar-refractivity contribution in [3.05, 3.63) is 23.8 Å². The Kier molecular flexibility index (Phi) is 4.88. The summed E-state index contributed by atoms with van der Waals surface area (Å²) < 4.78 is 28.3. The highest BCUT2D eigenvalue weighted by molar-refractivity contribution is 7.90. The topological polar surface area (TPSA) is 61.4 Å². The first-order valence-corrected chi connectivity index (χ1v) is 8.58. The summed E-state index contributed by atoms with van der Waals surface area (Å²) in [7, 11) is -1.85. The van der Waals surface area contributed by atoms with Crippen LogP contribution in [0.25, 0.3) is 0 Å². The fourth-order valence-corrected chi connectivity index (χ4v) is 3.20. The maximum Gasteiger partial charge on any atom is 0.301 e. The third-order valence-electron chi connectivity index (χ3n) is 3.53. The van der Waals surface area contributed by atoms with E-state index in [-0.39, 0.29) is 0 Å². The van der Waals surface area contributed by atoms with Crippen LogP contribution in [0.5, 0.6) is 0 Å². The summed E-state index contributed by atoms with van der Waals surface area (Å²) in [6.07, 6.45) is 4.01. The number of hydrogen-bond donors (Lipinski definition) is 2. The molecule has 112 valence electrons. The number of fused-ring (bicyclic) bond motifs is 1. The molecule has 1 aliphatic heterocycles. The second-order valence-electron chi connectivity index (χ2n) is 5.18. The van der Waals surface area contributed by atoms with Crippen molar-refractivity contribution in [2.45, 2.75) is 32.6 Å². The molecule has 0 spiro atoms. The van der Waals surface area contributed by atoms with Gasteiger partial charge >= 0.3 is 10.2 Å². The molecule has 20 heavy (non-hydrogen) atoms. The fourth-order valence-electron chi connectivity index (χ4n) is 2.25. The molecule has 0 aliphatic carbocycles. The minimum Gasteiger partial charge on any atom is -0.385 e. The molecule has 0 bridgehead atoms. The summed E-state index contributed by atoms with van der Waals surface area (Å²) in [5.74, 6) is 0. The molecule has 0 fully saturated rings. The standard InChI is InChI=1S/C14H23N3O2S/c1-3-4-10-17(2)20(18,19)16-13-8-7-12-6-5-9-15-14(12)11-13/h7-8,11,15-16H,3-6,9-10H2,1-2H3. The molecule has 1 aromatic rings. The molecule has 5 nitrogen and oxygen atoms in total. The molecule has 0 saturated carbocycles. The van der Waals surface area contributed by atoms with Gasteiger partial charge in [0.1, 0.15) is 0 Å². The number of nitrogens with one attached hydrogen (secondary N) is 2. The smallest absolute Gasteiger partial charge is 0.301 e. The van der Waals surface area contributed by atoms with E-state index in [0.717, 1.165) is 37.9 Å². The molecular formula is C14H23N3O2S. The van der Waals surface area contributed by atoms with Crippen LogP contribution in [-0.4, -0.2) is 32.9 Å². The highest BCUT2D eigenvalue weighted by Crippen LogP contribution is 2.26. The Morgan fingerprint density at radius 1 is 1.40 bits per heavy atom. The predicted molar refractivity (Wildman–Crippen MR) is 83.3 cm³/mol.